The summed E-state index contributed by atoms with van der Waals surface area (Å²) in [5.74, 6) is -0.0503. The van der Waals surface area contributed by atoms with E-state index in [1.54, 1.807) is 9.58 Å². The SMILES string of the molecule is CCCc1cc(C(=O)N(C)C(C)c2cc(-c3ccccc3)n[nH]2)n(C)n1. The van der Waals surface area contributed by atoms with Gasteiger partial charge in [0.25, 0.3) is 5.91 Å². The highest BCUT2D eigenvalue weighted by atomic mass is 16.2. The molecule has 0 aliphatic heterocycles. The number of rotatable bonds is 6. The van der Waals surface area contributed by atoms with Gasteiger partial charge < -0.3 is 4.90 Å². The molecule has 0 aliphatic carbocycles. The van der Waals surface area contributed by atoms with E-state index in [4.69, 9.17) is 0 Å². The molecule has 26 heavy (non-hydrogen) atoms. The molecule has 0 aliphatic rings. The minimum Gasteiger partial charge on any atom is -0.332 e. The Balaban J connectivity index is 1.78. The molecule has 1 atom stereocenters. The molecule has 3 rings (SSSR count). The van der Waals surface area contributed by atoms with Gasteiger partial charge in [0.2, 0.25) is 0 Å². The first-order valence-electron chi connectivity index (χ1n) is 8.92. The van der Waals surface area contributed by atoms with Crippen LogP contribution >= 0.6 is 0 Å². The summed E-state index contributed by atoms with van der Waals surface area (Å²) in [6.45, 7) is 4.09. The van der Waals surface area contributed by atoms with Crippen LogP contribution in [-0.2, 0) is 13.5 Å². The van der Waals surface area contributed by atoms with Crippen molar-refractivity contribution in [2.24, 2.45) is 7.05 Å². The summed E-state index contributed by atoms with van der Waals surface area (Å²) in [7, 11) is 3.62. The van der Waals surface area contributed by atoms with Gasteiger partial charge in [-0.3, -0.25) is 14.6 Å². The van der Waals surface area contributed by atoms with Gasteiger partial charge in [0.05, 0.1) is 23.1 Å². The number of hydrogen-bond donors (Lipinski definition) is 1. The topological polar surface area (TPSA) is 66.8 Å². The van der Waals surface area contributed by atoms with Gasteiger partial charge in [-0.05, 0) is 25.5 Å². The van der Waals surface area contributed by atoms with Crippen molar-refractivity contribution in [3.63, 3.8) is 0 Å². The van der Waals surface area contributed by atoms with E-state index in [1.165, 1.54) is 0 Å². The molecule has 1 unspecified atom stereocenters. The van der Waals surface area contributed by atoms with Crippen molar-refractivity contribution in [3.05, 3.63) is 59.5 Å². The van der Waals surface area contributed by atoms with Crippen LogP contribution in [-0.4, -0.2) is 37.8 Å². The van der Waals surface area contributed by atoms with Crippen LogP contribution < -0.4 is 0 Å². The van der Waals surface area contributed by atoms with Gasteiger partial charge in [0.1, 0.15) is 5.69 Å². The molecule has 6 heteroatoms. The first-order chi connectivity index (χ1) is 12.5. The lowest BCUT2D eigenvalue weighted by Gasteiger charge is -2.23. The molecule has 1 N–H and O–H groups in total. The number of nitrogens with zero attached hydrogens (tertiary/aromatic N) is 4. The maximum atomic E-state index is 12.9. The van der Waals surface area contributed by atoms with Crippen LogP contribution in [0.15, 0.2) is 42.5 Å². The average molecular weight is 351 g/mol. The highest BCUT2D eigenvalue weighted by Gasteiger charge is 2.23. The Morgan fingerprint density at radius 2 is 2.00 bits per heavy atom. The van der Waals surface area contributed by atoms with Crippen LogP contribution in [0.3, 0.4) is 0 Å². The third-order valence-corrected chi connectivity index (χ3v) is 4.67. The molecule has 0 saturated heterocycles. The second-order valence-corrected chi connectivity index (χ2v) is 6.56. The first-order valence-corrected chi connectivity index (χ1v) is 8.92. The first kappa shape index (κ1) is 17.9. The second-order valence-electron chi connectivity index (χ2n) is 6.56. The van der Waals surface area contributed by atoms with Gasteiger partial charge in [-0.1, -0.05) is 43.7 Å². The molecule has 0 radical (unpaired) electrons. The van der Waals surface area contributed by atoms with Gasteiger partial charge in [0, 0.05) is 19.7 Å². The third kappa shape index (κ3) is 3.54. The monoisotopic (exact) mass is 351 g/mol. The maximum Gasteiger partial charge on any atom is 0.272 e. The predicted molar refractivity (Wildman–Crippen MR) is 102 cm³/mol. The van der Waals surface area contributed by atoms with Gasteiger partial charge in [-0.25, -0.2) is 0 Å². The quantitative estimate of drug-likeness (QED) is 0.738. The number of aryl methyl sites for hydroxylation is 2. The zero-order valence-corrected chi connectivity index (χ0v) is 15.7. The number of amides is 1. The Labute approximate surface area is 153 Å². The molecule has 0 spiro atoms. The van der Waals surface area contributed by atoms with Crippen molar-refractivity contribution in [3.8, 4) is 11.3 Å². The largest absolute Gasteiger partial charge is 0.332 e. The summed E-state index contributed by atoms with van der Waals surface area (Å²) in [5, 5.41) is 11.9. The number of aromatic amines is 1. The molecule has 2 aromatic heterocycles. The zero-order valence-electron chi connectivity index (χ0n) is 15.7. The smallest absolute Gasteiger partial charge is 0.272 e. The molecule has 0 saturated carbocycles. The highest BCUT2D eigenvalue weighted by molar-refractivity contribution is 5.92. The Hall–Kier alpha value is -2.89. The van der Waals surface area contributed by atoms with E-state index < -0.39 is 0 Å². The van der Waals surface area contributed by atoms with Crippen molar-refractivity contribution in [2.75, 3.05) is 7.05 Å². The Morgan fingerprint density at radius 1 is 1.27 bits per heavy atom. The van der Waals surface area contributed by atoms with Crippen molar-refractivity contribution in [1.29, 1.82) is 0 Å². The zero-order chi connectivity index (χ0) is 18.7. The van der Waals surface area contributed by atoms with E-state index in [0.29, 0.717) is 5.69 Å². The van der Waals surface area contributed by atoms with Crippen molar-refractivity contribution in [2.45, 2.75) is 32.7 Å². The Bertz CT molecular complexity index is 881. The fourth-order valence-electron chi connectivity index (χ4n) is 2.98. The molecule has 0 fully saturated rings. The predicted octanol–water partition coefficient (Wildman–Crippen LogP) is 3.60. The number of aromatic nitrogens is 4. The molecule has 2 heterocycles. The number of carbonyl (C=O) groups excluding carboxylic acids is 1. The molecule has 1 amide bonds. The van der Waals surface area contributed by atoms with Crippen LogP contribution in [0.25, 0.3) is 11.3 Å². The summed E-state index contributed by atoms with van der Waals surface area (Å²) in [6, 6.07) is 13.7. The van der Waals surface area contributed by atoms with E-state index in [-0.39, 0.29) is 11.9 Å². The Morgan fingerprint density at radius 3 is 2.69 bits per heavy atom. The summed E-state index contributed by atoms with van der Waals surface area (Å²) in [4.78, 5) is 14.6. The fraction of sp³-hybridized carbons (Fsp3) is 0.350. The molecular formula is C20H25N5O. The van der Waals surface area contributed by atoms with Crippen LogP contribution in [0.2, 0.25) is 0 Å². The van der Waals surface area contributed by atoms with E-state index in [0.717, 1.165) is 35.5 Å². The van der Waals surface area contributed by atoms with Gasteiger partial charge >= 0.3 is 0 Å². The average Bonchev–Trinajstić information content (AvgIpc) is 3.28. The van der Waals surface area contributed by atoms with E-state index >= 15 is 0 Å². The van der Waals surface area contributed by atoms with Crippen molar-refractivity contribution < 1.29 is 4.79 Å². The fourth-order valence-corrected chi connectivity index (χ4v) is 2.98. The number of nitrogens with one attached hydrogen (secondary N) is 1. The van der Waals surface area contributed by atoms with Gasteiger partial charge in [-0.2, -0.15) is 10.2 Å². The second kappa shape index (κ2) is 7.56. The highest BCUT2D eigenvalue weighted by Crippen LogP contribution is 2.24. The maximum absolute atomic E-state index is 12.9. The minimum atomic E-state index is -0.128. The lowest BCUT2D eigenvalue weighted by molar-refractivity contribution is 0.0728. The summed E-state index contributed by atoms with van der Waals surface area (Å²) >= 11 is 0. The van der Waals surface area contributed by atoms with Gasteiger partial charge in [0.15, 0.2) is 0 Å². The number of benzene rings is 1. The van der Waals surface area contributed by atoms with E-state index in [2.05, 4.69) is 22.2 Å². The van der Waals surface area contributed by atoms with Crippen LogP contribution in [0.5, 0.6) is 0 Å². The van der Waals surface area contributed by atoms with Crippen LogP contribution in [0, 0.1) is 0 Å². The summed E-state index contributed by atoms with van der Waals surface area (Å²) in [5.41, 5.74) is 4.37. The van der Waals surface area contributed by atoms with Crippen LogP contribution in [0.4, 0.5) is 0 Å². The normalized spacial score (nSPS) is 12.2. The number of hydrogen-bond acceptors (Lipinski definition) is 3. The Kier molecular flexibility index (Phi) is 5.21. The summed E-state index contributed by atoms with van der Waals surface area (Å²) in [6.07, 6.45) is 1.88. The van der Waals surface area contributed by atoms with Crippen molar-refractivity contribution in [1.82, 2.24) is 24.9 Å². The molecule has 136 valence electrons. The molecule has 0 bridgehead atoms. The molecular weight excluding hydrogens is 326 g/mol. The number of H-pyrrole nitrogens is 1. The summed E-state index contributed by atoms with van der Waals surface area (Å²) < 4.78 is 1.67. The lowest BCUT2D eigenvalue weighted by Crippen LogP contribution is -2.31. The number of carbonyl (C=O) groups is 1. The van der Waals surface area contributed by atoms with E-state index in [9.17, 15) is 4.79 Å². The molecule has 1 aromatic carbocycles. The molecule has 6 nitrogen and oxygen atoms in total. The van der Waals surface area contributed by atoms with Crippen LogP contribution in [0.1, 0.15) is 48.2 Å². The van der Waals surface area contributed by atoms with E-state index in [1.807, 2.05) is 63.5 Å². The minimum absolute atomic E-state index is 0.0503. The lowest BCUT2D eigenvalue weighted by atomic mass is 10.1. The standard InChI is InChI=1S/C20H25N5O/c1-5-9-16-12-19(25(4)23-16)20(26)24(3)14(2)17-13-18(22-21-17)15-10-7-6-8-11-15/h6-8,10-14H,5,9H2,1-4H3,(H,21,22). The molecule has 3 aromatic rings. The van der Waals surface area contributed by atoms with Crippen molar-refractivity contribution >= 4 is 5.91 Å². The third-order valence-electron chi connectivity index (χ3n) is 4.67. The van der Waals surface area contributed by atoms with Gasteiger partial charge in [-0.15, -0.1) is 0 Å².